The summed E-state index contributed by atoms with van der Waals surface area (Å²) in [6.45, 7) is 9.61. The summed E-state index contributed by atoms with van der Waals surface area (Å²) in [5.41, 5.74) is 4.95. The average Bonchev–Trinajstić information content (AvgIpc) is 3.05. The number of benzene rings is 1. The van der Waals surface area contributed by atoms with Crippen molar-refractivity contribution in [3.63, 3.8) is 0 Å². The second-order valence-electron chi connectivity index (χ2n) is 6.26. The molecule has 5 nitrogen and oxygen atoms in total. The molecule has 0 saturated heterocycles. The summed E-state index contributed by atoms with van der Waals surface area (Å²) >= 11 is 1.47. The van der Waals surface area contributed by atoms with E-state index in [2.05, 4.69) is 14.9 Å². The number of hydrogen-bond acceptors (Lipinski definition) is 4. The zero-order valence-corrected chi connectivity index (χ0v) is 16.5. The highest BCUT2D eigenvalue weighted by Gasteiger charge is 2.27. The van der Waals surface area contributed by atoms with Gasteiger partial charge < -0.3 is 0 Å². The van der Waals surface area contributed by atoms with E-state index in [0.717, 1.165) is 26.6 Å². The summed E-state index contributed by atoms with van der Waals surface area (Å²) in [5, 5.41) is 7.14. The quantitative estimate of drug-likeness (QED) is 0.706. The fourth-order valence-corrected chi connectivity index (χ4v) is 5.77. The van der Waals surface area contributed by atoms with Crippen LogP contribution < -0.4 is 4.72 Å². The van der Waals surface area contributed by atoms with E-state index in [-0.39, 0.29) is 0 Å². The lowest BCUT2D eigenvalue weighted by atomic mass is 10.1. The van der Waals surface area contributed by atoms with Gasteiger partial charge >= 0.3 is 0 Å². The van der Waals surface area contributed by atoms with Crippen molar-refractivity contribution in [1.82, 2.24) is 10.2 Å². The zero-order valence-electron chi connectivity index (χ0n) is 14.9. The third-order valence-electron chi connectivity index (χ3n) is 4.19. The standard InChI is InChI=1S/C18H21N3O2S2/c1-10-6-7-15(8-11(10)2)21-25(22,23)18-14(5)24-13(4)17(18)16-9-12(3)19-20-16/h6-9,21H,1-5H3,(H,19,20). The topological polar surface area (TPSA) is 74.8 Å². The fourth-order valence-electron chi connectivity index (χ4n) is 2.84. The number of hydrogen-bond donors (Lipinski definition) is 2. The lowest BCUT2D eigenvalue weighted by Gasteiger charge is -2.11. The molecule has 132 valence electrons. The van der Waals surface area contributed by atoms with Gasteiger partial charge in [0.05, 0.1) is 5.69 Å². The van der Waals surface area contributed by atoms with Crippen molar-refractivity contribution in [1.29, 1.82) is 0 Å². The van der Waals surface area contributed by atoms with Crippen LogP contribution in [0.1, 0.15) is 26.6 Å². The Morgan fingerprint density at radius 1 is 1.00 bits per heavy atom. The van der Waals surface area contributed by atoms with Gasteiger partial charge in [0.1, 0.15) is 4.90 Å². The first-order chi connectivity index (χ1) is 11.7. The molecular weight excluding hydrogens is 354 g/mol. The Kier molecular flexibility index (Phi) is 4.47. The molecule has 0 fully saturated rings. The Labute approximate surface area is 152 Å². The number of aryl methyl sites for hydroxylation is 5. The van der Waals surface area contributed by atoms with Gasteiger partial charge in [-0.3, -0.25) is 9.82 Å². The maximum absolute atomic E-state index is 13.1. The van der Waals surface area contributed by atoms with Gasteiger partial charge in [-0.25, -0.2) is 8.42 Å². The molecule has 2 N–H and O–H groups in total. The average molecular weight is 376 g/mol. The molecule has 7 heteroatoms. The van der Waals surface area contributed by atoms with Crippen LogP contribution in [0.3, 0.4) is 0 Å². The third-order valence-corrected chi connectivity index (χ3v) is 6.90. The summed E-state index contributed by atoms with van der Waals surface area (Å²) in [6.07, 6.45) is 0. The fraction of sp³-hybridized carbons (Fsp3) is 0.278. The number of H-pyrrole nitrogens is 1. The number of sulfonamides is 1. The Morgan fingerprint density at radius 2 is 1.72 bits per heavy atom. The molecule has 0 aliphatic carbocycles. The SMILES string of the molecule is Cc1cc(-c2c(C)sc(C)c2S(=O)(=O)Nc2ccc(C)c(C)c2)n[nH]1. The summed E-state index contributed by atoms with van der Waals surface area (Å²) < 4.78 is 28.9. The van der Waals surface area contributed by atoms with Gasteiger partial charge in [0, 0.05) is 26.7 Å². The molecule has 0 unspecified atom stereocenters. The number of anilines is 1. The van der Waals surface area contributed by atoms with Crippen LogP contribution in [0.5, 0.6) is 0 Å². The van der Waals surface area contributed by atoms with Gasteiger partial charge in [-0.1, -0.05) is 6.07 Å². The molecule has 2 heterocycles. The van der Waals surface area contributed by atoms with E-state index in [0.29, 0.717) is 21.8 Å². The second kappa shape index (κ2) is 6.31. The molecule has 3 rings (SSSR count). The van der Waals surface area contributed by atoms with Crippen molar-refractivity contribution in [2.75, 3.05) is 4.72 Å². The van der Waals surface area contributed by atoms with E-state index in [4.69, 9.17) is 0 Å². The number of nitrogens with one attached hydrogen (secondary N) is 2. The lowest BCUT2D eigenvalue weighted by molar-refractivity contribution is 0.601. The first-order valence-electron chi connectivity index (χ1n) is 7.91. The first-order valence-corrected chi connectivity index (χ1v) is 10.2. The molecule has 0 amide bonds. The molecule has 0 aliphatic heterocycles. The highest BCUT2D eigenvalue weighted by molar-refractivity contribution is 7.93. The Bertz CT molecular complexity index is 1050. The van der Waals surface area contributed by atoms with Crippen molar-refractivity contribution in [3.05, 3.63) is 50.8 Å². The van der Waals surface area contributed by atoms with Crippen molar-refractivity contribution in [2.45, 2.75) is 39.5 Å². The van der Waals surface area contributed by atoms with Crippen LogP contribution in [0.4, 0.5) is 5.69 Å². The van der Waals surface area contributed by atoms with E-state index in [1.807, 2.05) is 52.8 Å². The zero-order chi connectivity index (χ0) is 18.4. The van der Waals surface area contributed by atoms with Crippen LogP contribution in [0.25, 0.3) is 11.3 Å². The summed E-state index contributed by atoms with van der Waals surface area (Å²) in [4.78, 5) is 1.99. The maximum atomic E-state index is 13.1. The van der Waals surface area contributed by atoms with Crippen molar-refractivity contribution in [3.8, 4) is 11.3 Å². The number of aromatic nitrogens is 2. The number of aromatic amines is 1. The molecule has 0 atom stereocenters. The van der Waals surface area contributed by atoms with Crippen LogP contribution in [0.15, 0.2) is 29.2 Å². The van der Waals surface area contributed by atoms with Gasteiger partial charge in [-0.05, 0) is 63.9 Å². The van der Waals surface area contributed by atoms with Gasteiger partial charge in [0.2, 0.25) is 0 Å². The van der Waals surface area contributed by atoms with E-state index in [1.54, 1.807) is 6.07 Å². The summed E-state index contributed by atoms with van der Waals surface area (Å²) in [6, 6.07) is 7.41. The minimum Gasteiger partial charge on any atom is -0.282 e. The van der Waals surface area contributed by atoms with E-state index < -0.39 is 10.0 Å². The first kappa shape index (κ1) is 17.7. The van der Waals surface area contributed by atoms with Crippen LogP contribution in [-0.4, -0.2) is 18.6 Å². The predicted octanol–water partition coefficient (Wildman–Crippen LogP) is 4.48. The highest BCUT2D eigenvalue weighted by atomic mass is 32.2. The van der Waals surface area contributed by atoms with Gasteiger partial charge in [-0.15, -0.1) is 11.3 Å². The molecule has 0 aliphatic rings. The maximum Gasteiger partial charge on any atom is 0.263 e. The van der Waals surface area contributed by atoms with Crippen molar-refractivity contribution in [2.24, 2.45) is 0 Å². The molecule has 0 bridgehead atoms. The molecule has 0 spiro atoms. The van der Waals surface area contributed by atoms with Crippen LogP contribution >= 0.6 is 11.3 Å². The number of rotatable bonds is 4. The van der Waals surface area contributed by atoms with Crippen LogP contribution in [0.2, 0.25) is 0 Å². The van der Waals surface area contributed by atoms with Crippen molar-refractivity contribution < 1.29 is 8.42 Å². The Morgan fingerprint density at radius 3 is 2.32 bits per heavy atom. The summed E-state index contributed by atoms with van der Waals surface area (Å²) in [5.74, 6) is 0. The minimum atomic E-state index is -3.72. The molecule has 0 radical (unpaired) electrons. The molecular formula is C18H21N3O2S2. The number of nitrogens with zero attached hydrogens (tertiary/aromatic N) is 1. The molecule has 1 aromatic carbocycles. The molecule has 0 saturated carbocycles. The number of thiophene rings is 1. The smallest absolute Gasteiger partial charge is 0.263 e. The monoisotopic (exact) mass is 375 g/mol. The van der Waals surface area contributed by atoms with E-state index in [9.17, 15) is 8.42 Å². The minimum absolute atomic E-state index is 0.305. The third kappa shape index (κ3) is 3.34. The van der Waals surface area contributed by atoms with Crippen molar-refractivity contribution >= 4 is 27.0 Å². The summed E-state index contributed by atoms with van der Waals surface area (Å²) in [7, 11) is -3.72. The van der Waals surface area contributed by atoms with E-state index in [1.165, 1.54) is 11.3 Å². The molecule has 3 aromatic rings. The normalized spacial score (nSPS) is 11.7. The van der Waals surface area contributed by atoms with Gasteiger partial charge in [0.25, 0.3) is 10.0 Å². The van der Waals surface area contributed by atoms with E-state index >= 15 is 0 Å². The Balaban J connectivity index is 2.10. The highest BCUT2D eigenvalue weighted by Crippen LogP contribution is 2.39. The van der Waals surface area contributed by atoms with Gasteiger partial charge in [-0.2, -0.15) is 5.10 Å². The second-order valence-corrected chi connectivity index (χ2v) is 9.31. The predicted molar refractivity (Wildman–Crippen MR) is 103 cm³/mol. The van der Waals surface area contributed by atoms with Crippen LogP contribution in [-0.2, 0) is 10.0 Å². The molecule has 2 aromatic heterocycles. The van der Waals surface area contributed by atoms with Gasteiger partial charge in [0.15, 0.2) is 0 Å². The molecule has 25 heavy (non-hydrogen) atoms. The largest absolute Gasteiger partial charge is 0.282 e. The lowest BCUT2D eigenvalue weighted by Crippen LogP contribution is -2.14. The Hall–Kier alpha value is -2.12. The van der Waals surface area contributed by atoms with Crippen LogP contribution in [0, 0.1) is 34.6 Å².